The molecule has 0 saturated carbocycles. The second-order valence-corrected chi connectivity index (χ2v) is 4.22. The van der Waals surface area contributed by atoms with Gasteiger partial charge in [-0.05, 0) is 27.9 Å². The first-order valence-corrected chi connectivity index (χ1v) is 5.17. The van der Waals surface area contributed by atoms with Gasteiger partial charge < -0.3 is 9.15 Å². The standard InChI is InChI=1S/C10H13BrO3/c1-6(2)9(13-3)8(12)10-7(11)4-5-14-10/h4-6,9H,1-3H3. The normalized spacial score (nSPS) is 13.2. The summed E-state index contributed by atoms with van der Waals surface area (Å²) in [6, 6.07) is 1.69. The van der Waals surface area contributed by atoms with Crippen LogP contribution in [0, 0.1) is 5.92 Å². The summed E-state index contributed by atoms with van der Waals surface area (Å²) >= 11 is 3.24. The zero-order valence-electron chi connectivity index (χ0n) is 8.41. The predicted octanol–water partition coefficient (Wildman–Crippen LogP) is 2.90. The van der Waals surface area contributed by atoms with Crippen LogP contribution in [0.3, 0.4) is 0 Å². The summed E-state index contributed by atoms with van der Waals surface area (Å²) in [7, 11) is 1.53. The van der Waals surface area contributed by atoms with Gasteiger partial charge in [-0.1, -0.05) is 13.8 Å². The highest BCUT2D eigenvalue weighted by Crippen LogP contribution is 2.22. The number of rotatable bonds is 4. The summed E-state index contributed by atoms with van der Waals surface area (Å²) in [5.74, 6) is 0.328. The zero-order chi connectivity index (χ0) is 10.7. The summed E-state index contributed by atoms with van der Waals surface area (Å²) in [6.45, 7) is 3.87. The molecule has 1 unspecified atom stereocenters. The highest BCUT2D eigenvalue weighted by atomic mass is 79.9. The molecule has 4 heteroatoms. The van der Waals surface area contributed by atoms with Crippen LogP contribution in [0.2, 0.25) is 0 Å². The molecule has 78 valence electrons. The molecular weight excluding hydrogens is 248 g/mol. The molecule has 0 aliphatic rings. The third kappa shape index (κ3) is 2.25. The van der Waals surface area contributed by atoms with Crippen molar-refractivity contribution in [1.29, 1.82) is 0 Å². The van der Waals surface area contributed by atoms with Crippen molar-refractivity contribution in [3.63, 3.8) is 0 Å². The average Bonchev–Trinajstić information content (AvgIpc) is 2.51. The van der Waals surface area contributed by atoms with E-state index in [1.807, 2.05) is 13.8 Å². The molecule has 1 atom stereocenters. The second-order valence-electron chi connectivity index (χ2n) is 3.36. The van der Waals surface area contributed by atoms with Gasteiger partial charge in [-0.15, -0.1) is 0 Å². The molecule has 0 radical (unpaired) electrons. The topological polar surface area (TPSA) is 39.4 Å². The quantitative estimate of drug-likeness (QED) is 0.782. The molecule has 14 heavy (non-hydrogen) atoms. The largest absolute Gasteiger partial charge is 0.460 e. The van der Waals surface area contributed by atoms with Crippen molar-refractivity contribution < 1.29 is 13.9 Å². The number of hydrogen-bond acceptors (Lipinski definition) is 3. The van der Waals surface area contributed by atoms with Crippen LogP contribution in [-0.2, 0) is 4.74 Å². The molecule has 3 nitrogen and oxygen atoms in total. The highest BCUT2D eigenvalue weighted by molar-refractivity contribution is 9.10. The number of carbonyl (C=O) groups is 1. The van der Waals surface area contributed by atoms with Gasteiger partial charge in [-0.25, -0.2) is 0 Å². The lowest BCUT2D eigenvalue weighted by Crippen LogP contribution is -2.28. The number of methoxy groups -OCH3 is 1. The predicted molar refractivity (Wildman–Crippen MR) is 56.4 cm³/mol. The summed E-state index contributed by atoms with van der Waals surface area (Å²) in [4.78, 5) is 11.9. The smallest absolute Gasteiger partial charge is 0.228 e. The van der Waals surface area contributed by atoms with Crippen molar-refractivity contribution >= 4 is 21.7 Å². The molecule has 0 bridgehead atoms. The number of halogens is 1. The first kappa shape index (κ1) is 11.5. The molecule has 0 amide bonds. The third-order valence-electron chi connectivity index (χ3n) is 1.96. The number of hydrogen-bond donors (Lipinski definition) is 0. The molecule has 0 aliphatic heterocycles. The van der Waals surface area contributed by atoms with E-state index in [9.17, 15) is 4.79 Å². The Hall–Kier alpha value is -0.610. The molecule has 1 aromatic heterocycles. The number of Topliss-reactive ketones (excluding diaryl/α,β-unsaturated/α-hetero) is 1. The fraction of sp³-hybridized carbons (Fsp3) is 0.500. The maximum Gasteiger partial charge on any atom is 0.228 e. The van der Waals surface area contributed by atoms with Crippen LogP contribution in [0.25, 0.3) is 0 Å². The monoisotopic (exact) mass is 260 g/mol. The molecule has 1 rings (SSSR count). The Bertz CT molecular complexity index is 317. The average molecular weight is 261 g/mol. The van der Waals surface area contributed by atoms with Crippen LogP contribution in [0.1, 0.15) is 24.4 Å². The number of ether oxygens (including phenoxy) is 1. The first-order chi connectivity index (χ1) is 6.57. The van der Waals surface area contributed by atoms with Crippen molar-refractivity contribution in [2.45, 2.75) is 20.0 Å². The minimum Gasteiger partial charge on any atom is -0.460 e. The van der Waals surface area contributed by atoms with E-state index < -0.39 is 6.10 Å². The van der Waals surface area contributed by atoms with E-state index in [2.05, 4.69) is 15.9 Å². The first-order valence-electron chi connectivity index (χ1n) is 4.38. The maximum atomic E-state index is 11.9. The Balaban J connectivity index is 2.89. The Morgan fingerprint density at radius 1 is 1.57 bits per heavy atom. The van der Waals surface area contributed by atoms with Crippen molar-refractivity contribution in [3.8, 4) is 0 Å². The van der Waals surface area contributed by atoms with Gasteiger partial charge in [0.1, 0.15) is 6.10 Å². The third-order valence-corrected chi connectivity index (χ3v) is 2.58. The summed E-state index contributed by atoms with van der Waals surface area (Å²) in [6.07, 6.45) is 1.03. The molecule has 1 aromatic rings. The van der Waals surface area contributed by atoms with Crippen molar-refractivity contribution in [2.75, 3.05) is 7.11 Å². The lowest BCUT2D eigenvalue weighted by Gasteiger charge is -2.16. The van der Waals surface area contributed by atoms with Gasteiger partial charge in [0.05, 0.1) is 10.7 Å². The Kier molecular flexibility index (Phi) is 3.89. The zero-order valence-corrected chi connectivity index (χ0v) is 10.00. The lowest BCUT2D eigenvalue weighted by atomic mass is 10.0. The van der Waals surface area contributed by atoms with Crippen LogP contribution in [0.5, 0.6) is 0 Å². The molecule has 0 N–H and O–H groups in total. The minimum absolute atomic E-state index is 0.126. The molecule has 0 aromatic carbocycles. The SMILES string of the molecule is COC(C(=O)c1occc1Br)C(C)C. The van der Waals surface area contributed by atoms with E-state index in [4.69, 9.17) is 9.15 Å². The highest BCUT2D eigenvalue weighted by Gasteiger charge is 2.26. The number of furan rings is 1. The van der Waals surface area contributed by atoms with Crippen LogP contribution in [0.15, 0.2) is 21.2 Å². The number of carbonyl (C=O) groups excluding carboxylic acids is 1. The molecular formula is C10H13BrO3. The van der Waals surface area contributed by atoms with Crippen molar-refractivity contribution in [2.24, 2.45) is 5.92 Å². The minimum atomic E-state index is -0.447. The maximum absolute atomic E-state index is 11.9. The van der Waals surface area contributed by atoms with Crippen molar-refractivity contribution in [3.05, 3.63) is 22.6 Å². The molecule has 0 aliphatic carbocycles. The Morgan fingerprint density at radius 2 is 2.21 bits per heavy atom. The van der Waals surface area contributed by atoms with Gasteiger partial charge in [-0.2, -0.15) is 0 Å². The van der Waals surface area contributed by atoms with Gasteiger partial charge in [-0.3, -0.25) is 4.79 Å². The van der Waals surface area contributed by atoms with Crippen LogP contribution in [0.4, 0.5) is 0 Å². The van der Waals surface area contributed by atoms with E-state index in [0.29, 0.717) is 10.2 Å². The van der Waals surface area contributed by atoms with E-state index >= 15 is 0 Å². The molecule has 1 heterocycles. The van der Waals surface area contributed by atoms with Gasteiger partial charge in [0.25, 0.3) is 0 Å². The summed E-state index contributed by atoms with van der Waals surface area (Å²) < 4.78 is 10.9. The van der Waals surface area contributed by atoms with Crippen LogP contribution < -0.4 is 0 Å². The summed E-state index contributed by atoms with van der Waals surface area (Å²) in [5.41, 5.74) is 0. The van der Waals surface area contributed by atoms with E-state index in [1.54, 1.807) is 6.07 Å². The van der Waals surface area contributed by atoms with Crippen LogP contribution in [-0.4, -0.2) is 19.0 Å². The summed E-state index contributed by atoms with van der Waals surface area (Å²) in [5, 5.41) is 0. The van der Waals surface area contributed by atoms with Gasteiger partial charge in [0, 0.05) is 7.11 Å². The second kappa shape index (κ2) is 4.75. The van der Waals surface area contributed by atoms with E-state index in [1.165, 1.54) is 13.4 Å². The molecule has 0 spiro atoms. The Morgan fingerprint density at radius 3 is 2.57 bits per heavy atom. The molecule has 0 saturated heterocycles. The number of ketones is 1. The van der Waals surface area contributed by atoms with E-state index in [-0.39, 0.29) is 11.7 Å². The fourth-order valence-electron chi connectivity index (χ4n) is 1.28. The van der Waals surface area contributed by atoms with Crippen molar-refractivity contribution in [1.82, 2.24) is 0 Å². The van der Waals surface area contributed by atoms with E-state index in [0.717, 1.165) is 0 Å². The molecule has 0 fully saturated rings. The van der Waals surface area contributed by atoms with Gasteiger partial charge >= 0.3 is 0 Å². The van der Waals surface area contributed by atoms with Gasteiger partial charge in [0.2, 0.25) is 5.78 Å². The van der Waals surface area contributed by atoms with Crippen LogP contribution >= 0.6 is 15.9 Å². The lowest BCUT2D eigenvalue weighted by molar-refractivity contribution is 0.0432. The van der Waals surface area contributed by atoms with Gasteiger partial charge in [0.15, 0.2) is 5.76 Å². The fourth-order valence-corrected chi connectivity index (χ4v) is 1.68. The Labute approximate surface area is 91.6 Å².